The minimum atomic E-state index is 0.0370. The zero-order valence-electron chi connectivity index (χ0n) is 10.8. The molecule has 0 unspecified atom stereocenters. The zero-order chi connectivity index (χ0) is 12.6. The van der Waals surface area contributed by atoms with Gasteiger partial charge in [-0.2, -0.15) is 0 Å². The van der Waals surface area contributed by atoms with Gasteiger partial charge in [0.1, 0.15) is 5.75 Å². The van der Waals surface area contributed by atoms with Crippen LogP contribution in [0.25, 0.3) is 11.1 Å². The summed E-state index contributed by atoms with van der Waals surface area (Å²) in [5, 5.41) is 3.37. The summed E-state index contributed by atoms with van der Waals surface area (Å²) in [6.07, 6.45) is 2.12. The van der Waals surface area contributed by atoms with Crippen LogP contribution in [-0.2, 0) is 5.41 Å². The van der Waals surface area contributed by atoms with Crippen molar-refractivity contribution in [1.82, 2.24) is 10.3 Å². The Balaban J connectivity index is 2.07. The van der Waals surface area contributed by atoms with Crippen LogP contribution in [0.1, 0.15) is 25.7 Å². The van der Waals surface area contributed by atoms with E-state index in [1.54, 1.807) is 7.11 Å². The zero-order valence-corrected chi connectivity index (χ0v) is 10.8. The molecular formula is C14H18N2O2. The molecule has 2 heterocycles. The van der Waals surface area contributed by atoms with E-state index in [1.165, 1.54) is 0 Å². The van der Waals surface area contributed by atoms with Crippen molar-refractivity contribution in [2.75, 3.05) is 20.2 Å². The number of fused-ring (bicyclic) bond motifs is 1. The fourth-order valence-corrected chi connectivity index (χ4v) is 2.54. The summed E-state index contributed by atoms with van der Waals surface area (Å²) in [6.45, 7) is 4.27. The number of para-hydroxylation sites is 1. The summed E-state index contributed by atoms with van der Waals surface area (Å²) in [5.74, 6) is 1.61. The lowest BCUT2D eigenvalue weighted by Crippen LogP contribution is -2.37. The molecule has 18 heavy (non-hydrogen) atoms. The van der Waals surface area contributed by atoms with E-state index in [0.29, 0.717) is 0 Å². The lowest BCUT2D eigenvalue weighted by Gasteiger charge is -2.30. The van der Waals surface area contributed by atoms with Crippen LogP contribution in [-0.4, -0.2) is 25.2 Å². The van der Waals surface area contributed by atoms with Gasteiger partial charge in [0.05, 0.1) is 7.11 Å². The van der Waals surface area contributed by atoms with Gasteiger partial charge in [-0.1, -0.05) is 13.0 Å². The third kappa shape index (κ3) is 1.77. The molecule has 0 aliphatic carbocycles. The minimum absolute atomic E-state index is 0.0370. The monoisotopic (exact) mass is 246 g/mol. The molecule has 1 aromatic heterocycles. The quantitative estimate of drug-likeness (QED) is 0.884. The number of piperidine rings is 1. The second-order valence-corrected chi connectivity index (χ2v) is 5.14. The standard InChI is InChI=1S/C14H18N2O2/c1-14(6-8-15-9-7-14)13-16-12-10(17-2)4-3-5-11(12)18-13/h3-5,15H,6-9H2,1-2H3. The Bertz CT molecular complexity index is 556. The Morgan fingerprint density at radius 3 is 2.83 bits per heavy atom. The Kier molecular flexibility index (Phi) is 2.74. The highest BCUT2D eigenvalue weighted by Gasteiger charge is 2.34. The van der Waals surface area contributed by atoms with Crippen LogP contribution in [0.2, 0.25) is 0 Å². The third-order valence-electron chi connectivity index (χ3n) is 3.83. The third-order valence-corrected chi connectivity index (χ3v) is 3.83. The molecule has 1 fully saturated rings. The van der Waals surface area contributed by atoms with E-state index < -0.39 is 0 Å². The fraction of sp³-hybridized carbons (Fsp3) is 0.500. The SMILES string of the molecule is COc1cccc2oc(C3(C)CCNCC3)nc12. The van der Waals surface area contributed by atoms with Gasteiger partial charge < -0.3 is 14.5 Å². The number of oxazole rings is 1. The van der Waals surface area contributed by atoms with E-state index in [0.717, 1.165) is 48.7 Å². The topological polar surface area (TPSA) is 47.3 Å². The van der Waals surface area contributed by atoms with Crippen LogP contribution in [0.5, 0.6) is 5.75 Å². The molecule has 1 aromatic carbocycles. The maximum atomic E-state index is 5.93. The molecule has 1 aliphatic rings. The molecule has 0 amide bonds. The summed E-state index contributed by atoms with van der Waals surface area (Å²) in [7, 11) is 1.66. The summed E-state index contributed by atoms with van der Waals surface area (Å²) >= 11 is 0. The number of methoxy groups -OCH3 is 1. The molecule has 1 N–H and O–H groups in total. The van der Waals surface area contributed by atoms with E-state index >= 15 is 0 Å². The highest BCUT2D eigenvalue weighted by atomic mass is 16.5. The van der Waals surface area contributed by atoms with Gasteiger partial charge >= 0.3 is 0 Å². The highest BCUT2D eigenvalue weighted by Crippen LogP contribution is 2.36. The average molecular weight is 246 g/mol. The van der Waals surface area contributed by atoms with Crippen LogP contribution in [0, 0.1) is 0 Å². The van der Waals surface area contributed by atoms with Crippen LogP contribution in [0.3, 0.4) is 0 Å². The first-order chi connectivity index (χ1) is 8.73. The highest BCUT2D eigenvalue weighted by molar-refractivity contribution is 5.79. The molecule has 3 rings (SSSR count). The summed E-state index contributed by atoms with van der Waals surface area (Å²) in [4.78, 5) is 4.66. The van der Waals surface area contributed by atoms with E-state index in [2.05, 4.69) is 17.2 Å². The minimum Gasteiger partial charge on any atom is -0.494 e. The molecule has 0 spiro atoms. The van der Waals surface area contributed by atoms with Gasteiger partial charge in [-0.25, -0.2) is 4.98 Å². The average Bonchev–Trinajstić information content (AvgIpc) is 2.84. The number of nitrogens with zero attached hydrogens (tertiary/aromatic N) is 1. The normalized spacial score (nSPS) is 19.0. The number of benzene rings is 1. The van der Waals surface area contributed by atoms with Crippen molar-refractivity contribution < 1.29 is 9.15 Å². The number of aromatic nitrogens is 1. The maximum Gasteiger partial charge on any atom is 0.201 e. The van der Waals surface area contributed by atoms with E-state index in [1.807, 2.05) is 18.2 Å². The van der Waals surface area contributed by atoms with Crippen LogP contribution in [0.15, 0.2) is 22.6 Å². The second-order valence-electron chi connectivity index (χ2n) is 5.14. The first-order valence-electron chi connectivity index (χ1n) is 6.38. The van der Waals surface area contributed by atoms with Gasteiger partial charge in [0.15, 0.2) is 11.1 Å². The molecule has 0 radical (unpaired) electrons. The maximum absolute atomic E-state index is 5.93. The molecule has 2 aromatic rings. The molecule has 1 aliphatic heterocycles. The Morgan fingerprint density at radius 1 is 1.33 bits per heavy atom. The van der Waals surface area contributed by atoms with Crippen molar-refractivity contribution in [2.45, 2.75) is 25.2 Å². The van der Waals surface area contributed by atoms with Crippen LogP contribution in [0.4, 0.5) is 0 Å². The van der Waals surface area contributed by atoms with Gasteiger partial charge in [-0.05, 0) is 38.1 Å². The second kappa shape index (κ2) is 4.28. The number of rotatable bonds is 2. The summed E-state index contributed by atoms with van der Waals surface area (Å²) in [5.41, 5.74) is 1.67. The number of hydrogen-bond acceptors (Lipinski definition) is 4. The lowest BCUT2D eigenvalue weighted by atomic mass is 9.81. The van der Waals surface area contributed by atoms with E-state index in [4.69, 9.17) is 9.15 Å². The predicted octanol–water partition coefficient (Wildman–Crippen LogP) is 2.48. The Morgan fingerprint density at radius 2 is 2.11 bits per heavy atom. The Labute approximate surface area is 106 Å². The van der Waals surface area contributed by atoms with Crippen molar-refractivity contribution in [2.24, 2.45) is 0 Å². The predicted molar refractivity (Wildman–Crippen MR) is 70.0 cm³/mol. The van der Waals surface area contributed by atoms with Gasteiger partial charge in [0.25, 0.3) is 0 Å². The molecule has 96 valence electrons. The largest absolute Gasteiger partial charge is 0.494 e. The molecule has 0 bridgehead atoms. The van der Waals surface area contributed by atoms with E-state index in [-0.39, 0.29) is 5.41 Å². The number of nitrogens with one attached hydrogen (secondary N) is 1. The Hall–Kier alpha value is -1.55. The first-order valence-corrected chi connectivity index (χ1v) is 6.38. The molecular weight excluding hydrogens is 228 g/mol. The molecule has 1 saturated heterocycles. The van der Waals surface area contributed by atoms with Crippen molar-refractivity contribution in [3.05, 3.63) is 24.1 Å². The van der Waals surface area contributed by atoms with Gasteiger partial charge in [-0.15, -0.1) is 0 Å². The van der Waals surface area contributed by atoms with Crippen molar-refractivity contribution in [3.63, 3.8) is 0 Å². The molecule has 0 saturated carbocycles. The number of hydrogen-bond donors (Lipinski definition) is 1. The first kappa shape index (κ1) is 11.5. The fourth-order valence-electron chi connectivity index (χ4n) is 2.54. The number of ether oxygens (including phenoxy) is 1. The van der Waals surface area contributed by atoms with E-state index in [9.17, 15) is 0 Å². The summed E-state index contributed by atoms with van der Waals surface area (Å²) < 4.78 is 11.3. The molecule has 4 heteroatoms. The lowest BCUT2D eigenvalue weighted by molar-refractivity contribution is 0.275. The van der Waals surface area contributed by atoms with Crippen molar-refractivity contribution >= 4 is 11.1 Å². The smallest absolute Gasteiger partial charge is 0.201 e. The van der Waals surface area contributed by atoms with Gasteiger partial charge in [0.2, 0.25) is 5.89 Å². The summed E-state index contributed by atoms with van der Waals surface area (Å²) in [6, 6.07) is 5.79. The van der Waals surface area contributed by atoms with Crippen molar-refractivity contribution in [1.29, 1.82) is 0 Å². The molecule has 4 nitrogen and oxygen atoms in total. The van der Waals surface area contributed by atoms with Crippen LogP contribution >= 0.6 is 0 Å². The van der Waals surface area contributed by atoms with Crippen molar-refractivity contribution in [3.8, 4) is 5.75 Å². The van der Waals surface area contributed by atoms with Gasteiger partial charge in [-0.3, -0.25) is 0 Å². The molecule has 0 atom stereocenters. The van der Waals surface area contributed by atoms with Gasteiger partial charge in [0, 0.05) is 5.41 Å². The van der Waals surface area contributed by atoms with Crippen LogP contribution < -0.4 is 10.1 Å².